The molecule has 1 saturated heterocycles. The number of aromatic nitrogens is 2. The van der Waals surface area contributed by atoms with E-state index in [1.54, 1.807) is 12.1 Å². The number of hydrogen-bond acceptors (Lipinski definition) is 5. The average molecular weight is 278 g/mol. The molecule has 1 unspecified atom stereocenters. The van der Waals surface area contributed by atoms with Crippen molar-refractivity contribution in [1.29, 1.82) is 0 Å². The van der Waals surface area contributed by atoms with Gasteiger partial charge in [-0.15, -0.1) is 10.2 Å². The molecule has 0 bridgehead atoms. The van der Waals surface area contributed by atoms with Crippen molar-refractivity contribution in [1.82, 2.24) is 10.2 Å². The molecule has 0 N–H and O–H groups in total. The van der Waals surface area contributed by atoms with Gasteiger partial charge in [-0.3, -0.25) is 0 Å². The van der Waals surface area contributed by atoms with Crippen LogP contribution in [0.3, 0.4) is 0 Å². The van der Waals surface area contributed by atoms with Crippen LogP contribution in [-0.2, 0) is 4.74 Å². The Kier molecular flexibility index (Phi) is 3.64. The third-order valence-corrected chi connectivity index (χ3v) is 3.35. The molecule has 1 aliphatic rings. The molecule has 106 valence electrons. The summed E-state index contributed by atoms with van der Waals surface area (Å²) in [7, 11) is 1.42. The lowest BCUT2D eigenvalue weighted by molar-refractivity contribution is 0.0727. The number of benzene rings is 1. The fraction of sp³-hybridized carbons (Fsp3) is 0.429. The van der Waals surface area contributed by atoms with E-state index < -0.39 is 5.82 Å². The van der Waals surface area contributed by atoms with Gasteiger partial charge in [0.2, 0.25) is 11.8 Å². The van der Waals surface area contributed by atoms with Crippen LogP contribution < -0.4 is 4.74 Å². The third kappa shape index (κ3) is 2.51. The molecule has 2 heterocycles. The minimum atomic E-state index is -0.420. The molecule has 1 atom stereocenters. The first-order valence-corrected chi connectivity index (χ1v) is 6.53. The van der Waals surface area contributed by atoms with Crippen LogP contribution in [-0.4, -0.2) is 30.5 Å². The van der Waals surface area contributed by atoms with Crippen LogP contribution in [0.25, 0.3) is 11.5 Å². The van der Waals surface area contributed by atoms with Crippen LogP contribution in [0.1, 0.15) is 24.7 Å². The normalized spacial score (nSPS) is 19.0. The number of nitrogens with zero attached hydrogens (tertiary/aromatic N) is 2. The lowest BCUT2D eigenvalue weighted by Crippen LogP contribution is -2.15. The van der Waals surface area contributed by atoms with Gasteiger partial charge in [0.15, 0.2) is 11.6 Å². The van der Waals surface area contributed by atoms with Crippen LogP contribution in [0.5, 0.6) is 5.75 Å². The van der Waals surface area contributed by atoms with Crippen molar-refractivity contribution in [3.05, 3.63) is 29.9 Å². The molecular formula is C14H15FN2O3. The fourth-order valence-electron chi connectivity index (χ4n) is 2.24. The number of rotatable bonds is 3. The molecule has 0 amide bonds. The Bertz CT molecular complexity index is 594. The maximum Gasteiger partial charge on any atom is 0.247 e. The molecule has 5 nitrogen and oxygen atoms in total. The first-order chi connectivity index (χ1) is 9.78. The SMILES string of the molecule is COc1cc(-c2nnc(C3CCCOC3)o2)ccc1F. The van der Waals surface area contributed by atoms with E-state index in [0.717, 1.165) is 19.4 Å². The second-order valence-electron chi connectivity index (χ2n) is 4.71. The van der Waals surface area contributed by atoms with Gasteiger partial charge in [0, 0.05) is 12.2 Å². The maximum atomic E-state index is 13.4. The van der Waals surface area contributed by atoms with Crippen molar-refractivity contribution in [2.24, 2.45) is 0 Å². The first-order valence-electron chi connectivity index (χ1n) is 6.53. The molecule has 2 aromatic rings. The first kappa shape index (κ1) is 13.1. The van der Waals surface area contributed by atoms with Crippen LogP contribution in [0.2, 0.25) is 0 Å². The highest BCUT2D eigenvalue weighted by molar-refractivity contribution is 5.55. The van der Waals surface area contributed by atoms with Gasteiger partial charge >= 0.3 is 0 Å². The van der Waals surface area contributed by atoms with Gasteiger partial charge in [-0.1, -0.05) is 0 Å². The molecule has 1 aromatic carbocycles. The summed E-state index contributed by atoms with van der Waals surface area (Å²) in [6, 6.07) is 4.46. The highest BCUT2D eigenvalue weighted by Gasteiger charge is 2.22. The molecule has 0 aliphatic carbocycles. The molecule has 1 fully saturated rings. The zero-order valence-corrected chi connectivity index (χ0v) is 11.1. The van der Waals surface area contributed by atoms with Crippen molar-refractivity contribution < 1.29 is 18.3 Å². The zero-order chi connectivity index (χ0) is 13.9. The van der Waals surface area contributed by atoms with E-state index in [1.165, 1.54) is 13.2 Å². The van der Waals surface area contributed by atoms with Gasteiger partial charge in [0.25, 0.3) is 0 Å². The van der Waals surface area contributed by atoms with E-state index in [9.17, 15) is 4.39 Å². The highest BCUT2D eigenvalue weighted by atomic mass is 19.1. The van der Waals surface area contributed by atoms with E-state index in [1.807, 2.05) is 0 Å². The summed E-state index contributed by atoms with van der Waals surface area (Å²) in [5, 5.41) is 8.08. The number of hydrogen-bond donors (Lipinski definition) is 0. The molecule has 20 heavy (non-hydrogen) atoms. The second-order valence-corrected chi connectivity index (χ2v) is 4.71. The smallest absolute Gasteiger partial charge is 0.247 e. The third-order valence-electron chi connectivity index (χ3n) is 3.35. The summed E-state index contributed by atoms with van der Waals surface area (Å²) >= 11 is 0. The van der Waals surface area contributed by atoms with E-state index >= 15 is 0 Å². The van der Waals surface area contributed by atoms with Gasteiger partial charge in [-0.25, -0.2) is 4.39 Å². The van der Waals surface area contributed by atoms with Gasteiger partial charge < -0.3 is 13.9 Å². The van der Waals surface area contributed by atoms with Gasteiger partial charge in [0.05, 0.1) is 19.6 Å². The topological polar surface area (TPSA) is 57.4 Å². The van der Waals surface area contributed by atoms with E-state index in [-0.39, 0.29) is 11.7 Å². The monoisotopic (exact) mass is 278 g/mol. The van der Waals surface area contributed by atoms with E-state index in [4.69, 9.17) is 13.9 Å². The highest BCUT2D eigenvalue weighted by Crippen LogP contribution is 2.29. The van der Waals surface area contributed by atoms with Crippen molar-refractivity contribution in [3.63, 3.8) is 0 Å². The summed E-state index contributed by atoms with van der Waals surface area (Å²) in [4.78, 5) is 0. The van der Waals surface area contributed by atoms with Crippen LogP contribution in [0.4, 0.5) is 4.39 Å². The van der Waals surface area contributed by atoms with E-state index in [0.29, 0.717) is 24.0 Å². The Morgan fingerprint density at radius 1 is 1.35 bits per heavy atom. The second kappa shape index (κ2) is 5.58. The van der Waals surface area contributed by atoms with Crippen molar-refractivity contribution >= 4 is 0 Å². The summed E-state index contributed by atoms with van der Waals surface area (Å²) in [5.74, 6) is 0.819. The predicted molar refractivity (Wildman–Crippen MR) is 69.0 cm³/mol. The van der Waals surface area contributed by atoms with Crippen molar-refractivity contribution in [2.45, 2.75) is 18.8 Å². The summed E-state index contributed by atoms with van der Waals surface area (Å²) in [6.45, 7) is 1.39. The summed E-state index contributed by atoms with van der Waals surface area (Å²) in [5.41, 5.74) is 0.638. The minimum absolute atomic E-state index is 0.146. The fourth-order valence-corrected chi connectivity index (χ4v) is 2.24. The van der Waals surface area contributed by atoms with Gasteiger partial charge in [0.1, 0.15) is 0 Å². The molecule has 0 radical (unpaired) electrons. The summed E-state index contributed by atoms with van der Waals surface area (Å²) < 4.78 is 29.4. The number of ether oxygens (including phenoxy) is 2. The Labute approximate surface area is 115 Å². The summed E-state index contributed by atoms with van der Waals surface area (Å²) in [6.07, 6.45) is 1.97. The van der Waals surface area contributed by atoms with Crippen molar-refractivity contribution in [2.75, 3.05) is 20.3 Å². The molecular weight excluding hydrogens is 263 g/mol. The van der Waals surface area contributed by atoms with Crippen LogP contribution in [0, 0.1) is 5.82 Å². The zero-order valence-electron chi connectivity index (χ0n) is 11.1. The Hall–Kier alpha value is -1.95. The minimum Gasteiger partial charge on any atom is -0.494 e. The van der Waals surface area contributed by atoms with Crippen LogP contribution >= 0.6 is 0 Å². The van der Waals surface area contributed by atoms with E-state index in [2.05, 4.69) is 10.2 Å². The Morgan fingerprint density at radius 3 is 3.00 bits per heavy atom. The molecule has 3 rings (SSSR count). The molecule has 0 saturated carbocycles. The lowest BCUT2D eigenvalue weighted by Gasteiger charge is -2.18. The molecule has 6 heteroatoms. The standard InChI is InChI=1S/C14H15FN2O3/c1-18-12-7-9(4-5-11(12)15)13-16-17-14(20-13)10-3-2-6-19-8-10/h4-5,7,10H,2-3,6,8H2,1H3. The average Bonchev–Trinajstić information content (AvgIpc) is 2.98. The lowest BCUT2D eigenvalue weighted by atomic mass is 10.0. The van der Waals surface area contributed by atoms with Crippen molar-refractivity contribution in [3.8, 4) is 17.2 Å². The largest absolute Gasteiger partial charge is 0.494 e. The maximum absolute atomic E-state index is 13.4. The molecule has 1 aromatic heterocycles. The number of halogens is 1. The number of methoxy groups -OCH3 is 1. The predicted octanol–water partition coefficient (Wildman–Crippen LogP) is 2.78. The Morgan fingerprint density at radius 2 is 2.25 bits per heavy atom. The Balaban J connectivity index is 1.85. The van der Waals surface area contributed by atoms with Crippen LogP contribution in [0.15, 0.2) is 22.6 Å². The quantitative estimate of drug-likeness (QED) is 0.864. The molecule has 0 spiro atoms. The van der Waals surface area contributed by atoms with Gasteiger partial charge in [-0.05, 0) is 31.0 Å². The molecule has 1 aliphatic heterocycles. The van der Waals surface area contributed by atoms with Gasteiger partial charge in [-0.2, -0.15) is 0 Å².